The predicted octanol–water partition coefficient (Wildman–Crippen LogP) is 2.57. The van der Waals surface area contributed by atoms with Gasteiger partial charge in [0.05, 0.1) is 29.8 Å². The molecule has 4 rings (SSSR count). The van der Waals surface area contributed by atoms with E-state index in [4.69, 9.17) is 0 Å². The lowest BCUT2D eigenvalue weighted by atomic mass is 10.1. The van der Waals surface area contributed by atoms with Crippen molar-refractivity contribution in [3.63, 3.8) is 0 Å². The van der Waals surface area contributed by atoms with Crippen LogP contribution in [0.3, 0.4) is 0 Å². The zero-order chi connectivity index (χ0) is 19.2. The highest BCUT2D eigenvalue weighted by Gasteiger charge is 2.23. The van der Waals surface area contributed by atoms with E-state index < -0.39 is 0 Å². The number of piperazine rings is 1. The quantitative estimate of drug-likeness (QED) is 0.760. The van der Waals surface area contributed by atoms with Crippen LogP contribution in [0.1, 0.15) is 5.69 Å². The molecule has 1 aliphatic heterocycles. The molecule has 1 aliphatic rings. The van der Waals surface area contributed by atoms with Crippen LogP contribution in [0.4, 0.5) is 10.5 Å². The molecule has 1 saturated heterocycles. The van der Waals surface area contributed by atoms with Crippen molar-refractivity contribution in [2.24, 2.45) is 0 Å². The maximum Gasteiger partial charge on any atom is 0.317 e. The Labute approximate surface area is 164 Å². The summed E-state index contributed by atoms with van der Waals surface area (Å²) in [6.07, 6.45) is 5.16. The first-order valence-corrected chi connectivity index (χ1v) is 9.34. The summed E-state index contributed by atoms with van der Waals surface area (Å²) in [6, 6.07) is 15.7. The second-order valence-corrected chi connectivity index (χ2v) is 6.58. The topological polar surface area (TPSA) is 74.2 Å². The first-order chi connectivity index (χ1) is 13.8. The maximum absolute atomic E-state index is 12.4. The molecular formula is C21H22N6O. The van der Waals surface area contributed by atoms with Crippen molar-refractivity contribution in [3.05, 3.63) is 72.9 Å². The minimum absolute atomic E-state index is 0.0575. The molecule has 1 N–H and O–H groups in total. The second kappa shape index (κ2) is 8.47. The molecule has 28 heavy (non-hydrogen) atoms. The Bertz CT molecular complexity index is 910. The normalized spacial score (nSPS) is 14.0. The Morgan fingerprint density at radius 2 is 1.75 bits per heavy atom. The third kappa shape index (κ3) is 4.09. The number of hydrogen-bond donors (Lipinski definition) is 1. The summed E-state index contributed by atoms with van der Waals surface area (Å²) in [5.41, 5.74) is 3.84. The zero-order valence-electron chi connectivity index (χ0n) is 15.5. The molecule has 7 heteroatoms. The highest BCUT2D eigenvalue weighted by atomic mass is 16.2. The second-order valence-electron chi connectivity index (χ2n) is 6.58. The third-order valence-electron chi connectivity index (χ3n) is 4.79. The van der Waals surface area contributed by atoms with E-state index >= 15 is 0 Å². The molecule has 0 saturated carbocycles. The fraction of sp³-hybridized carbons (Fsp3) is 0.238. The van der Waals surface area contributed by atoms with Crippen LogP contribution in [0.2, 0.25) is 0 Å². The molecule has 7 nitrogen and oxygen atoms in total. The summed E-state index contributed by atoms with van der Waals surface area (Å²) >= 11 is 0. The van der Waals surface area contributed by atoms with Gasteiger partial charge in [0, 0.05) is 37.9 Å². The highest BCUT2D eigenvalue weighted by molar-refractivity contribution is 5.76. The minimum atomic E-state index is -0.0575. The lowest BCUT2D eigenvalue weighted by Gasteiger charge is -2.36. The van der Waals surface area contributed by atoms with Gasteiger partial charge in [0.15, 0.2) is 0 Å². The zero-order valence-corrected chi connectivity index (χ0v) is 15.5. The van der Waals surface area contributed by atoms with E-state index in [-0.39, 0.29) is 6.03 Å². The fourth-order valence-electron chi connectivity index (χ4n) is 3.30. The van der Waals surface area contributed by atoms with Crippen LogP contribution in [0.15, 0.2) is 67.3 Å². The van der Waals surface area contributed by atoms with E-state index in [1.165, 1.54) is 0 Å². The van der Waals surface area contributed by atoms with Crippen LogP contribution >= 0.6 is 0 Å². The predicted molar refractivity (Wildman–Crippen MR) is 108 cm³/mol. The number of nitrogens with zero attached hydrogens (tertiary/aromatic N) is 5. The maximum atomic E-state index is 12.4. The van der Waals surface area contributed by atoms with Gasteiger partial charge in [-0.05, 0) is 12.1 Å². The summed E-state index contributed by atoms with van der Waals surface area (Å²) in [7, 11) is 0. The van der Waals surface area contributed by atoms with Crippen molar-refractivity contribution in [1.29, 1.82) is 0 Å². The Morgan fingerprint density at radius 1 is 0.964 bits per heavy atom. The van der Waals surface area contributed by atoms with Gasteiger partial charge >= 0.3 is 6.03 Å². The number of aromatic nitrogens is 3. The molecule has 0 bridgehead atoms. The van der Waals surface area contributed by atoms with Crippen molar-refractivity contribution >= 4 is 11.7 Å². The van der Waals surface area contributed by atoms with Gasteiger partial charge < -0.3 is 15.1 Å². The van der Waals surface area contributed by atoms with Gasteiger partial charge in [0.1, 0.15) is 6.33 Å². The van der Waals surface area contributed by atoms with E-state index in [2.05, 4.69) is 25.2 Å². The number of carbonyl (C=O) groups is 1. The number of rotatable bonds is 4. The van der Waals surface area contributed by atoms with Gasteiger partial charge in [0.2, 0.25) is 0 Å². The van der Waals surface area contributed by atoms with E-state index in [0.29, 0.717) is 19.6 Å². The number of hydrogen-bond acceptors (Lipinski definition) is 5. The van der Waals surface area contributed by atoms with Gasteiger partial charge in [0.25, 0.3) is 0 Å². The molecule has 3 heterocycles. The molecule has 142 valence electrons. The Kier molecular flexibility index (Phi) is 5.42. The molecule has 0 spiro atoms. The smallest absolute Gasteiger partial charge is 0.317 e. The number of nitrogens with one attached hydrogen (secondary N) is 1. The minimum Gasteiger partial charge on any atom is -0.365 e. The Hall–Kier alpha value is -3.48. The van der Waals surface area contributed by atoms with Crippen LogP contribution in [-0.2, 0) is 6.54 Å². The monoisotopic (exact) mass is 374 g/mol. The largest absolute Gasteiger partial charge is 0.365 e. The molecule has 0 unspecified atom stereocenters. The van der Waals surface area contributed by atoms with Gasteiger partial charge in [-0.25, -0.2) is 14.8 Å². The average Bonchev–Trinajstić information content (AvgIpc) is 2.79. The molecule has 0 atom stereocenters. The number of anilines is 1. The molecule has 1 aromatic carbocycles. The summed E-state index contributed by atoms with van der Waals surface area (Å²) in [4.78, 5) is 29.5. The van der Waals surface area contributed by atoms with Crippen LogP contribution in [0.25, 0.3) is 11.3 Å². The van der Waals surface area contributed by atoms with Gasteiger partial charge in [-0.3, -0.25) is 4.98 Å². The first-order valence-electron chi connectivity index (χ1n) is 9.34. The molecule has 3 aromatic rings. The SMILES string of the molecule is O=C(NCc1ccccn1)N1CCN(c2cncnc2-c2ccccc2)CC1. The summed E-state index contributed by atoms with van der Waals surface area (Å²) in [6.45, 7) is 3.22. The number of carbonyl (C=O) groups excluding carboxylic acids is 1. The number of urea groups is 1. The van der Waals surface area contributed by atoms with Gasteiger partial charge in [-0.15, -0.1) is 0 Å². The lowest BCUT2D eigenvalue weighted by molar-refractivity contribution is 0.194. The van der Waals surface area contributed by atoms with Crippen LogP contribution < -0.4 is 10.2 Å². The van der Waals surface area contributed by atoms with Crippen molar-refractivity contribution in [2.75, 3.05) is 31.1 Å². The van der Waals surface area contributed by atoms with Crippen LogP contribution in [-0.4, -0.2) is 52.1 Å². The summed E-state index contributed by atoms with van der Waals surface area (Å²) < 4.78 is 0. The first kappa shape index (κ1) is 17.9. The van der Waals surface area contributed by atoms with Crippen LogP contribution in [0.5, 0.6) is 0 Å². The van der Waals surface area contributed by atoms with Crippen molar-refractivity contribution in [2.45, 2.75) is 6.54 Å². The Morgan fingerprint density at radius 3 is 2.50 bits per heavy atom. The average molecular weight is 374 g/mol. The lowest BCUT2D eigenvalue weighted by Crippen LogP contribution is -2.51. The molecular weight excluding hydrogens is 352 g/mol. The van der Waals surface area contributed by atoms with E-state index in [0.717, 1.165) is 35.7 Å². The van der Waals surface area contributed by atoms with Crippen LogP contribution in [0, 0.1) is 0 Å². The number of benzene rings is 1. The number of pyridine rings is 1. The van der Waals surface area contributed by atoms with Gasteiger partial charge in [-0.2, -0.15) is 0 Å². The molecule has 0 aliphatic carbocycles. The Balaban J connectivity index is 1.38. The van der Waals surface area contributed by atoms with Crippen molar-refractivity contribution < 1.29 is 4.79 Å². The number of amides is 2. The third-order valence-corrected chi connectivity index (χ3v) is 4.79. The fourth-order valence-corrected chi connectivity index (χ4v) is 3.30. The van der Waals surface area contributed by atoms with E-state index in [9.17, 15) is 4.79 Å². The molecule has 2 aromatic heterocycles. The van der Waals surface area contributed by atoms with Crippen molar-refractivity contribution in [3.8, 4) is 11.3 Å². The standard InChI is InChI=1S/C21H22N6O/c28-21(24-14-18-8-4-5-9-23-18)27-12-10-26(11-13-27)19-15-22-16-25-20(19)17-6-2-1-3-7-17/h1-9,15-16H,10-14H2,(H,24,28). The highest BCUT2D eigenvalue weighted by Crippen LogP contribution is 2.28. The summed E-state index contributed by atoms with van der Waals surface area (Å²) in [5.74, 6) is 0. The molecule has 0 radical (unpaired) electrons. The summed E-state index contributed by atoms with van der Waals surface area (Å²) in [5, 5.41) is 2.94. The van der Waals surface area contributed by atoms with E-state index in [1.54, 1.807) is 12.5 Å². The van der Waals surface area contributed by atoms with Gasteiger partial charge in [-0.1, -0.05) is 36.4 Å². The van der Waals surface area contributed by atoms with Crippen molar-refractivity contribution in [1.82, 2.24) is 25.2 Å². The van der Waals surface area contributed by atoms with E-state index in [1.807, 2.05) is 59.6 Å². The molecule has 1 fully saturated rings. The molecule has 2 amide bonds.